The summed E-state index contributed by atoms with van der Waals surface area (Å²) in [5.74, 6) is 1.13. The number of aliphatic hydroxyl groups is 1. The molecule has 0 heterocycles. The summed E-state index contributed by atoms with van der Waals surface area (Å²) < 4.78 is 0. The van der Waals surface area contributed by atoms with Gasteiger partial charge in [0.25, 0.3) is 0 Å². The molecule has 0 unspecified atom stereocenters. The van der Waals surface area contributed by atoms with Crippen LogP contribution in [0.5, 0.6) is 0 Å². The summed E-state index contributed by atoms with van der Waals surface area (Å²) in [6.45, 7) is 2.45. The van der Waals surface area contributed by atoms with E-state index in [0.717, 1.165) is 18.8 Å². The van der Waals surface area contributed by atoms with Crippen molar-refractivity contribution in [1.29, 1.82) is 0 Å². The van der Waals surface area contributed by atoms with Crippen molar-refractivity contribution in [1.82, 2.24) is 4.90 Å². The van der Waals surface area contributed by atoms with Crippen LogP contribution in [0.2, 0.25) is 0 Å². The van der Waals surface area contributed by atoms with E-state index in [1.54, 1.807) is 0 Å². The van der Waals surface area contributed by atoms with Crippen LogP contribution in [-0.2, 0) is 4.79 Å². The van der Waals surface area contributed by atoms with Crippen molar-refractivity contribution >= 4 is 5.91 Å². The SMILES string of the molecule is CCC1CCC(N(C)C(=O)CCCCO)CC1. The van der Waals surface area contributed by atoms with Crippen LogP contribution in [0.3, 0.4) is 0 Å². The normalized spacial score (nSPS) is 24.6. The van der Waals surface area contributed by atoms with E-state index in [2.05, 4.69) is 6.92 Å². The molecule has 1 aliphatic carbocycles. The van der Waals surface area contributed by atoms with Crippen LogP contribution >= 0.6 is 0 Å². The zero-order chi connectivity index (χ0) is 12.7. The van der Waals surface area contributed by atoms with Crippen LogP contribution in [0, 0.1) is 5.92 Å². The van der Waals surface area contributed by atoms with Gasteiger partial charge in [0.15, 0.2) is 0 Å². The van der Waals surface area contributed by atoms with Crippen LogP contribution in [0.15, 0.2) is 0 Å². The lowest BCUT2D eigenvalue weighted by molar-refractivity contribution is -0.132. The molecule has 17 heavy (non-hydrogen) atoms. The summed E-state index contributed by atoms with van der Waals surface area (Å²) in [4.78, 5) is 13.9. The Morgan fingerprint density at radius 2 is 1.88 bits per heavy atom. The van der Waals surface area contributed by atoms with Crippen molar-refractivity contribution in [3.63, 3.8) is 0 Å². The highest BCUT2D eigenvalue weighted by Gasteiger charge is 2.25. The molecule has 1 N–H and O–H groups in total. The van der Waals surface area contributed by atoms with Gasteiger partial charge in [-0.05, 0) is 44.4 Å². The van der Waals surface area contributed by atoms with Gasteiger partial charge in [0.1, 0.15) is 0 Å². The monoisotopic (exact) mass is 241 g/mol. The Kier molecular flexibility index (Phi) is 6.56. The predicted octanol–water partition coefficient (Wildman–Crippen LogP) is 2.58. The van der Waals surface area contributed by atoms with Gasteiger partial charge in [-0.2, -0.15) is 0 Å². The summed E-state index contributed by atoms with van der Waals surface area (Å²) in [5, 5.41) is 8.70. The lowest BCUT2D eigenvalue weighted by atomic mass is 9.84. The summed E-state index contributed by atoms with van der Waals surface area (Å²) >= 11 is 0. The summed E-state index contributed by atoms with van der Waals surface area (Å²) in [6.07, 6.45) is 8.30. The zero-order valence-electron chi connectivity index (χ0n) is 11.3. The minimum absolute atomic E-state index is 0.193. The molecule has 3 heteroatoms. The first kappa shape index (κ1) is 14.5. The van der Waals surface area contributed by atoms with Gasteiger partial charge in [-0.25, -0.2) is 0 Å². The molecular formula is C14H27NO2. The first-order valence-electron chi connectivity index (χ1n) is 7.05. The van der Waals surface area contributed by atoms with Gasteiger partial charge in [0, 0.05) is 26.1 Å². The number of nitrogens with zero attached hydrogens (tertiary/aromatic N) is 1. The Morgan fingerprint density at radius 3 is 2.41 bits per heavy atom. The van der Waals surface area contributed by atoms with Gasteiger partial charge in [-0.15, -0.1) is 0 Å². The molecule has 0 bridgehead atoms. The number of aliphatic hydroxyl groups excluding tert-OH is 1. The molecule has 0 atom stereocenters. The topological polar surface area (TPSA) is 40.5 Å². The Hall–Kier alpha value is -0.570. The second-order valence-electron chi connectivity index (χ2n) is 5.27. The smallest absolute Gasteiger partial charge is 0.222 e. The van der Waals surface area contributed by atoms with Crippen molar-refractivity contribution in [3.05, 3.63) is 0 Å². The molecule has 0 aromatic heterocycles. The third-order valence-electron chi connectivity index (χ3n) is 4.13. The van der Waals surface area contributed by atoms with E-state index in [9.17, 15) is 4.79 Å². The van der Waals surface area contributed by atoms with Crippen LogP contribution in [0.1, 0.15) is 58.3 Å². The van der Waals surface area contributed by atoms with Crippen LogP contribution in [0.4, 0.5) is 0 Å². The van der Waals surface area contributed by atoms with E-state index in [1.807, 2.05) is 11.9 Å². The van der Waals surface area contributed by atoms with Crippen molar-refractivity contribution in [3.8, 4) is 0 Å². The highest BCUT2D eigenvalue weighted by Crippen LogP contribution is 2.29. The summed E-state index contributed by atoms with van der Waals surface area (Å²) in [7, 11) is 1.94. The van der Waals surface area contributed by atoms with Crippen molar-refractivity contribution in [2.24, 2.45) is 5.92 Å². The Bertz CT molecular complexity index is 222. The fourth-order valence-corrected chi connectivity index (χ4v) is 2.71. The maximum absolute atomic E-state index is 11.9. The first-order chi connectivity index (χ1) is 8.19. The maximum Gasteiger partial charge on any atom is 0.222 e. The molecule has 0 radical (unpaired) electrons. The second-order valence-corrected chi connectivity index (χ2v) is 5.27. The number of hydrogen-bond acceptors (Lipinski definition) is 2. The summed E-state index contributed by atoms with van der Waals surface area (Å²) in [5.41, 5.74) is 0. The van der Waals surface area contributed by atoms with Crippen LogP contribution < -0.4 is 0 Å². The molecule has 0 spiro atoms. The lowest BCUT2D eigenvalue weighted by Gasteiger charge is -2.34. The molecule has 0 aromatic carbocycles. The maximum atomic E-state index is 11.9. The average molecular weight is 241 g/mol. The van der Waals surface area contributed by atoms with Gasteiger partial charge < -0.3 is 10.0 Å². The third-order valence-corrected chi connectivity index (χ3v) is 4.13. The molecule has 100 valence electrons. The number of carbonyl (C=O) groups is 1. The van der Waals surface area contributed by atoms with Crippen molar-refractivity contribution < 1.29 is 9.90 Å². The molecule has 1 rings (SSSR count). The standard InChI is InChI=1S/C14H27NO2/c1-3-12-7-9-13(10-8-12)15(2)14(17)6-4-5-11-16/h12-13,16H,3-11H2,1-2H3. The largest absolute Gasteiger partial charge is 0.396 e. The lowest BCUT2D eigenvalue weighted by Crippen LogP contribution is -2.39. The van der Waals surface area contributed by atoms with E-state index in [-0.39, 0.29) is 12.5 Å². The molecule has 1 fully saturated rings. The van der Waals surface area contributed by atoms with E-state index in [1.165, 1.54) is 32.1 Å². The molecular weight excluding hydrogens is 214 g/mol. The van der Waals surface area contributed by atoms with E-state index < -0.39 is 0 Å². The van der Waals surface area contributed by atoms with Gasteiger partial charge >= 0.3 is 0 Å². The van der Waals surface area contributed by atoms with Crippen molar-refractivity contribution in [2.45, 2.75) is 64.3 Å². The minimum Gasteiger partial charge on any atom is -0.396 e. The van der Waals surface area contributed by atoms with Gasteiger partial charge in [-0.3, -0.25) is 4.79 Å². The Labute approximate surface area is 105 Å². The van der Waals surface area contributed by atoms with E-state index >= 15 is 0 Å². The van der Waals surface area contributed by atoms with Crippen LogP contribution in [-0.4, -0.2) is 35.6 Å². The van der Waals surface area contributed by atoms with E-state index in [4.69, 9.17) is 5.11 Å². The number of carbonyl (C=O) groups excluding carboxylic acids is 1. The predicted molar refractivity (Wildman–Crippen MR) is 69.7 cm³/mol. The zero-order valence-corrected chi connectivity index (χ0v) is 11.3. The van der Waals surface area contributed by atoms with Gasteiger partial charge in [-0.1, -0.05) is 13.3 Å². The fraction of sp³-hybridized carbons (Fsp3) is 0.929. The van der Waals surface area contributed by atoms with Gasteiger partial charge in [0.2, 0.25) is 5.91 Å². The third kappa shape index (κ3) is 4.66. The van der Waals surface area contributed by atoms with Crippen LogP contribution in [0.25, 0.3) is 0 Å². The molecule has 1 saturated carbocycles. The highest BCUT2D eigenvalue weighted by molar-refractivity contribution is 5.76. The Morgan fingerprint density at radius 1 is 1.24 bits per heavy atom. The van der Waals surface area contributed by atoms with Crippen molar-refractivity contribution in [2.75, 3.05) is 13.7 Å². The highest BCUT2D eigenvalue weighted by atomic mass is 16.3. The van der Waals surface area contributed by atoms with E-state index in [0.29, 0.717) is 12.5 Å². The Balaban J connectivity index is 2.27. The quantitative estimate of drug-likeness (QED) is 0.726. The molecule has 1 aliphatic rings. The second kappa shape index (κ2) is 7.70. The molecule has 3 nitrogen and oxygen atoms in total. The number of rotatable bonds is 6. The first-order valence-corrected chi connectivity index (χ1v) is 7.05. The molecule has 0 aromatic rings. The fourth-order valence-electron chi connectivity index (χ4n) is 2.71. The average Bonchev–Trinajstić information content (AvgIpc) is 2.38. The number of hydrogen-bond donors (Lipinski definition) is 1. The number of unbranched alkanes of at least 4 members (excludes halogenated alkanes) is 1. The molecule has 1 amide bonds. The molecule has 0 aliphatic heterocycles. The number of amides is 1. The van der Waals surface area contributed by atoms with Gasteiger partial charge in [0.05, 0.1) is 0 Å². The minimum atomic E-state index is 0.193. The molecule has 0 saturated heterocycles. The summed E-state index contributed by atoms with van der Waals surface area (Å²) in [6, 6.07) is 0.458.